The van der Waals surface area contributed by atoms with Gasteiger partial charge in [-0.3, -0.25) is 4.79 Å². The molecule has 1 amide bonds. The molecule has 2 aliphatic heterocycles. The van der Waals surface area contributed by atoms with Crippen LogP contribution in [0.5, 0.6) is 5.75 Å². The molecule has 0 spiro atoms. The van der Waals surface area contributed by atoms with E-state index in [9.17, 15) is 4.79 Å². The quantitative estimate of drug-likeness (QED) is 0.843. The average molecular weight is 340 g/mol. The predicted molar refractivity (Wildman–Crippen MR) is 93.7 cm³/mol. The van der Waals surface area contributed by atoms with Crippen LogP contribution < -0.4 is 4.74 Å². The largest absolute Gasteiger partial charge is 0.497 e. The van der Waals surface area contributed by atoms with Crippen LogP contribution in [0.1, 0.15) is 59.8 Å². The van der Waals surface area contributed by atoms with Crippen molar-refractivity contribution in [2.45, 2.75) is 51.6 Å². The van der Waals surface area contributed by atoms with Crippen molar-refractivity contribution in [3.8, 4) is 5.75 Å². The molecule has 25 heavy (non-hydrogen) atoms. The molecule has 4 rings (SSSR count). The van der Waals surface area contributed by atoms with Crippen molar-refractivity contribution >= 4 is 5.91 Å². The SMILES string of the molecule is COc1ccc2c(c1)[C@@H](C)N(C(=O)c1nnc3n1CCCCC3)CC2. The number of methoxy groups -OCH3 is 1. The average Bonchev–Trinajstić information content (AvgIpc) is 2.89. The van der Waals surface area contributed by atoms with Gasteiger partial charge in [-0.25, -0.2) is 0 Å². The maximum absolute atomic E-state index is 13.2. The van der Waals surface area contributed by atoms with Crippen LogP contribution in [0.4, 0.5) is 0 Å². The Morgan fingerprint density at radius 3 is 2.88 bits per heavy atom. The molecule has 0 saturated carbocycles. The molecule has 0 unspecified atom stereocenters. The Hall–Kier alpha value is -2.37. The third-order valence-corrected chi connectivity index (χ3v) is 5.45. The Bertz CT molecular complexity index is 799. The third kappa shape index (κ3) is 2.79. The summed E-state index contributed by atoms with van der Waals surface area (Å²) < 4.78 is 7.39. The molecule has 0 aliphatic carbocycles. The number of amides is 1. The van der Waals surface area contributed by atoms with Gasteiger partial charge in [0.1, 0.15) is 11.6 Å². The minimum absolute atomic E-state index is 0.00470. The van der Waals surface area contributed by atoms with E-state index < -0.39 is 0 Å². The lowest BCUT2D eigenvalue weighted by molar-refractivity contribution is 0.0658. The van der Waals surface area contributed by atoms with Gasteiger partial charge in [0.15, 0.2) is 0 Å². The standard InChI is InChI=1S/C19H24N4O2/c1-13-16-12-15(25-2)8-7-14(16)9-11-22(13)19(24)18-21-20-17-6-4-3-5-10-23(17)18/h7-8,12-13H,3-6,9-11H2,1-2H3/t13-/m1/s1. The van der Waals surface area contributed by atoms with E-state index >= 15 is 0 Å². The molecule has 6 nitrogen and oxygen atoms in total. The van der Waals surface area contributed by atoms with Gasteiger partial charge >= 0.3 is 0 Å². The van der Waals surface area contributed by atoms with E-state index in [-0.39, 0.29) is 11.9 Å². The minimum atomic E-state index is -0.0124. The highest BCUT2D eigenvalue weighted by atomic mass is 16.5. The number of aryl methyl sites for hydroxylation is 1. The van der Waals surface area contributed by atoms with Crippen LogP contribution in [0.25, 0.3) is 0 Å². The fraction of sp³-hybridized carbons (Fsp3) is 0.526. The Kier molecular flexibility index (Phi) is 4.19. The van der Waals surface area contributed by atoms with Gasteiger partial charge < -0.3 is 14.2 Å². The number of fused-ring (bicyclic) bond motifs is 2. The predicted octanol–water partition coefficient (Wildman–Crippen LogP) is 2.77. The fourth-order valence-electron chi connectivity index (χ4n) is 3.97. The highest BCUT2D eigenvalue weighted by Gasteiger charge is 2.32. The van der Waals surface area contributed by atoms with Crippen LogP contribution in [0.2, 0.25) is 0 Å². The molecule has 2 aliphatic rings. The van der Waals surface area contributed by atoms with E-state index in [4.69, 9.17) is 4.74 Å². The fourth-order valence-corrected chi connectivity index (χ4v) is 3.97. The zero-order chi connectivity index (χ0) is 17.4. The summed E-state index contributed by atoms with van der Waals surface area (Å²) in [5.74, 6) is 2.26. The van der Waals surface area contributed by atoms with Crippen LogP contribution in [-0.4, -0.2) is 39.2 Å². The Labute approximate surface area is 147 Å². The molecule has 0 N–H and O–H groups in total. The molecule has 1 aromatic carbocycles. The number of benzene rings is 1. The van der Waals surface area contributed by atoms with Gasteiger partial charge in [0.2, 0.25) is 5.82 Å². The minimum Gasteiger partial charge on any atom is -0.497 e. The molecule has 132 valence electrons. The van der Waals surface area contributed by atoms with Crippen molar-refractivity contribution in [1.82, 2.24) is 19.7 Å². The summed E-state index contributed by atoms with van der Waals surface area (Å²) in [6.45, 7) is 3.63. The summed E-state index contributed by atoms with van der Waals surface area (Å²) in [7, 11) is 1.67. The first-order valence-corrected chi connectivity index (χ1v) is 9.09. The molecule has 0 radical (unpaired) electrons. The van der Waals surface area contributed by atoms with Crippen molar-refractivity contribution in [2.75, 3.05) is 13.7 Å². The Balaban J connectivity index is 1.64. The number of hydrogen-bond acceptors (Lipinski definition) is 4. The third-order valence-electron chi connectivity index (χ3n) is 5.45. The summed E-state index contributed by atoms with van der Waals surface area (Å²) >= 11 is 0. The summed E-state index contributed by atoms with van der Waals surface area (Å²) in [5.41, 5.74) is 2.45. The van der Waals surface area contributed by atoms with Gasteiger partial charge in [-0.2, -0.15) is 0 Å². The van der Waals surface area contributed by atoms with E-state index in [0.29, 0.717) is 12.4 Å². The summed E-state index contributed by atoms with van der Waals surface area (Å²) in [6, 6.07) is 6.14. The summed E-state index contributed by atoms with van der Waals surface area (Å²) in [6.07, 6.45) is 5.16. The van der Waals surface area contributed by atoms with Gasteiger partial charge in [0.05, 0.1) is 13.2 Å². The molecule has 6 heteroatoms. The number of hydrogen-bond donors (Lipinski definition) is 0. The van der Waals surface area contributed by atoms with Crippen LogP contribution in [0, 0.1) is 0 Å². The van der Waals surface area contributed by atoms with Crippen LogP contribution >= 0.6 is 0 Å². The van der Waals surface area contributed by atoms with Crippen LogP contribution in [-0.2, 0) is 19.4 Å². The maximum Gasteiger partial charge on any atom is 0.292 e. The normalized spacial score (nSPS) is 19.8. The summed E-state index contributed by atoms with van der Waals surface area (Å²) in [5, 5.41) is 8.51. The van der Waals surface area contributed by atoms with E-state index in [1.807, 2.05) is 21.6 Å². The van der Waals surface area contributed by atoms with E-state index in [1.54, 1.807) is 7.11 Å². The number of nitrogens with zero attached hydrogens (tertiary/aromatic N) is 4. The molecule has 2 aromatic rings. The second-order valence-electron chi connectivity index (χ2n) is 6.89. The zero-order valence-corrected chi connectivity index (χ0v) is 14.9. The number of ether oxygens (including phenoxy) is 1. The van der Waals surface area contributed by atoms with Crippen molar-refractivity contribution < 1.29 is 9.53 Å². The topological polar surface area (TPSA) is 60.2 Å². The zero-order valence-electron chi connectivity index (χ0n) is 14.9. The monoisotopic (exact) mass is 340 g/mol. The van der Waals surface area contributed by atoms with Gasteiger partial charge in [-0.1, -0.05) is 12.5 Å². The molecular weight excluding hydrogens is 316 g/mol. The molecule has 1 aromatic heterocycles. The molecule has 1 atom stereocenters. The number of carbonyl (C=O) groups excluding carboxylic acids is 1. The number of aromatic nitrogens is 3. The van der Waals surface area contributed by atoms with Gasteiger partial charge in [-0.05, 0) is 49.4 Å². The van der Waals surface area contributed by atoms with E-state index in [0.717, 1.165) is 49.4 Å². The van der Waals surface area contributed by atoms with Crippen LogP contribution in [0.15, 0.2) is 18.2 Å². The number of rotatable bonds is 2. The van der Waals surface area contributed by atoms with Gasteiger partial charge in [0, 0.05) is 19.5 Å². The Morgan fingerprint density at radius 1 is 1.16 bits per heavy atom. The second-order valence-corrected chi connectivity index (χ2v) is 6.89. The highest BCUT2D eigenvalue weighted by Crippen LogP contribution is 2.33. The van der Waals surface area contributed by atoms with Gasteiger partial charge in [0.25, 0.3) is 5.91 Å². The lowest BCUT2D eigenvalue weighted by Gasteiger charge is -2.35. The molecule has 0 bridgehead atoms. The number of carbonyl (C=O) groups is 1. The molecule has 0 fully saturated rings. The Morgan fingerprint density at radius 2 is 2.04 bits per heavy atom. The highest BCUT2D eigenvalue weighted by molar-refractivity contribution is 5.91. The lowest BCUT2D eigenvalue weighted by atomic mass is 9.93. The van der Waals surface area contributed by atoms with Crippen molar-refractivity contribution in [3.63, 3.8) is 0 Å². The maximum atomic E-state index is 13.2. The van der Waals surface area contributed by atoms with Crippen molar-refractivity contribution in [3.05, 3.63) is 41.0 Å². The van der Waals surface area contributed by atoms with E-state index in [1.165, 1.54) is 12.0 Å². The second kappa shape index (κ2) is 6.50. The van der Waals surface area contributed by atoms with Crippen molar-refractivity contribution in [2.24, 2.45) is 0 Å². The van der Waals surface area contributed by atoms with Crippen molar-refractivity contribution in [1.29, 1.82) is 0 Å². The molecule has 0 saturated heterocycles. The first kappa shape index (κ1) is 16.1. The summed E-state index contributed by atoms with van der Waals surface area (Å²) in [4.78, 5) is 15.1. The molecular formula is C19H24N4O2. The van der Waals surface area contributed by atoms with E-state index in [2.05, 4.69) is 23.2 Å². The molecule has 3 heterocycles. The van der Waals surface area contributed by atoms with Gasteiger partial charge in [-0.15, -0.1) is 10.2 Å². The smallest absolute Gasteiger partial charge is 0.292 e. The van der Waals surface area contributed by atoms with Crippen LogP contribution in [0.3, 0.4) is 0 Å². The first-order chi connectivity index (χ1) is 12.2. The lowest BCUT2D eigenvalue weighted by Crippen LogP contribution is -2.40. The first-order valence-electron chi connectivity index (χ1n) is 9.09.